The zero-order chi connectivity index (χ0) is 50.0. The van der Waals surface area contributed by atoms with Crippen molar-refractivity contribution in [1.82, 2.24) is 10.6 Å². The first-order valence-corrected chi connectivity index (χ1v) is 24.3. The number of nitrogens with one attached hydrogen (secondary N) is 2. The van der Waals surface area contributed by atoms with E-state index in [1.54, 1.807) is 18.2 Å². The second kappa shape index (κ2) is 21.8. The molecule has 0 fully saturated rings. The Bertz CT molecular complexity index is 2730. The van der Waals surface area contributed by atoms with E-state index in [0.717, 1.165) is 0 Å². The van der Waals surface area contributed by atoms with Gasteiger partial charge < -0.3 is 30.3 Å². The predicted molar refractivity (Wildman–Crippen MR) is 284 cm³/mol. The minimum Gasteiger partial charge on any atom is -0.504 e. The second-order valence-electron chi connectivity index (χ2n) is 18.4. The van der Waals surface area contributed by atoms with E-state index in [0.29, 0.717) is 50.1 Å². The van der Waals surface area contributed by atoms with Crippen molar-refractivity contribution >= 4 is 0 Å². The Morgan fingerprint density at radius 1 is 0.347 bits per heavy atom. The van der Waals surface area contributed by atoms with Crippen molar-refractivity contribution < 1.29 is 30.3 Å². The minimum atomic E-state index is -1.89. The van der Waals surface area contributed by atoms with Crippen LogP contribution >= 0.6 is 0 Å². The van der Waals surface area contributed by atoms with Crippen LogP contribution in [-0.2, 0) is 22.4 Å². The zero-order valence-corrected chi connectivity index (χ0v) is 40.1. The first-order chi connectivity index (χ1) is 35.1. The average molecular weight is 953 g/mol. The standard InChI is InChI=1S/C64H60N2O6/c1-72-56-44-26-43-55(59(56)67)60(65-57(63(70,51-35-18-6-19-36-51)52-37-20-7-21-38-52)45-61(68,47-27-10-2-11-28-47)48-29-12-3-13-30-48)66-58(64(71,53-39-22-8-23-40-53)54-41-24-9-25-42-54)46-62(69,49-31-14-4-15-32-49)50-33-16-5-17-34-50/h2-44,57-58,60,65-71H,45-46H2,1H3/t57-,58-/m0/s1. The highest BCUT2D eigenvalue weighted by molar-refractivity contribution is 5.49. The van der Waals surface area contributed by atoms with Crippen LogP contribution in [0, 0.1) is 0 Å². The molecule has 72 heavy (non-hydrogen) atoms. The fraction of sp³-hybridized carbons (Fsp3) is 0.156. The van der Waals surface area contributed by atoms with Crippen LogP contribution in [0.4, 0.5) is 0 Å². The molecule has 0 amide bonds. The van der Waals surface area contributed by atoms with Crippen LogP contribution in [0.1, 0.15) is 69.1 Å². The first-order valence-electron chi connectivity index (χ1n) is 24.3. The van der Waals surface area contributed by atoms with Crippen molar-refractivity contribution in [3.05, 3.63) is 311 Å². The van der Waals surface area contributed by atoms with Crippen molar-refractivity contribution in [3.63, 3.8) is 0 Å². The number of hydrogen-bond donors (Lipinski definition) is 7. The van der Waals surface area contributed by atoms with Gasteiger partial charge in [0.15, 0.2) is 11.5 Å². The number of ether oxygens (including phenoxy) is 1. The fourth-order valence-electron chi connectivity index (χ4n) is 10.4. The van der Waals surface area contributed by atoms with Gasteiger partial charge in [0.05, 0.1) is 13.3 Å². The molecule has 9 rings (SSSR count). The van der Waals surface area contributed by atoms with E-state index in [4.69, 9.17) is 4.74 Å². The smallest absolute Gasteiger partial charge is 0.163 e. The van der Waals surface area contributed by atoms with Gasteiger partial charge in [-0.05, 0) is 50.6 Å². The van der Waals surface area contributed by atoms with Crippen molar-refractivity contribution in [3.8, 4) is 11.5 Å². The maximum Gasteiger partial charge on any atom is 0.163 e. The SMILES string of the molecule is COc1cccc(C(N[C@@H](CC(O)(c2ccccc2)c2ccccc2)C(O)(c2ccccc2)c2ccccc2)N[C@@H](CC(O)(c2ccccc2)c2ccccc2)C(O)(c2ccccc2)c2ccccc2)c1O. The van der Waals surface area contributed by atoms with Crippen LogP contribution in [0.3, 0.4) is 0 Å². The summed E-state index contributed by atoms with van der Waals surface area (Å²) in [4.78, 5) is 0. The van der Waals surface area contributed by atoms with Crippen molar-refractivity contribution in [2.45, 2.75) is 53.5 Å². The van der Waals surface area contributed by atoms with E-state index in [-0.39, 0.29) is 24.3 Å². The van der Waals surface area contributed by atoms with Crippen molar-refractivity contribution in [1.29, 1.82) is 0 Å². The average Bonchev–Trinajstić information content (AvgIpc) is 3.46. The van der Waals surface area contributed by atoms with E-state index in [9.17, 15) is 25.5 Å². The number of para-hydroxylation sites is 1. The maximum absolute atomic E-state index is 14.1. The number of rotatable bonds is 20. The third kappa shape index (κ3) is 9.85. The highest BCUT2D eigenvalue weighted by Crippen LogP contribution is 2.46. The van der Waals surface area contributed by atoms with Gasteiger partial charge in [-0.25, -0.2) is 0 Å². The summed E-state index contributed by atoms with van der Waals surface area (Å²) in [5.74, 6) is -0.0108. The lowest BCUT2D eigenvalue weighted by Crippen LogP contribution is -2.60. The summed E-state index contributed by atoms with van der Waals surface area (Å²) in [7, 11) is 1.48. The number of hydrogen-bond acceptors (Lipinski definition) is 8. The normalized spacial score (nSPS) is 13.1. The Labute approximate surface area is 422 Å². The molecule has 7 N–H and O–H groups in total. The monoisotopic (exact) mass is 952 g/mol. The number of methoxy groups -OCH3 is 1. The van der Waals surface area contributed by atoms with Crippen LogP contribution in [0.2, 0.25) is 0 Å². The summed E-state index contributed by atoms with van der Waals surface area (Å²) in [6.07, 6.45) is -1.44. The molecule has 0 spiro atoms. The van der Waals surface area contributed by atoms with E-state index in [2.05, 4.69) is 10.6 Å². The van der Waals surface area contributed by atoms with Gasteiger partial charge in [0, 0.05) is 30.5 Å². The lowest BCUT2D eigenvalue weighted by molar-refractivity contribution is -0.0334. The van der Waals surface area contributed by atoms with Crippen LogP contribution < -0.4 is 15.4 Å². The van der Waals surface area contributed by atoms with Gasteiger partial charge >= 0.3 is 0 Å². The molecule has 0 aliphatic rings. The van der Waals surface area contributed by atoms with Gasteiger partial charge in [-0.3, -0.25) is 10.6 Å². The molecule has 9 aromatic carbocycles. The summed E-state index contributed by atoms with van der Waals surface area (Å²) in [6.45, 7) is 0. The van der Waals surface area contributed by atoms with Gasteiger partial charge in [-0.1, -0.05) is 255 Å². The van der Waals surface area contributed by atoms with E-state index in [1.807, 2.05) is 243 Å². The second-order valence-corrected chi connectivity index (χ2v) is 18.4. The largest absolute Gasteiger partial charge is 0.504 e. The van der Waals surface area contributed by atoms with Gasteiger partial charge in [0.25, 0.3) is 0 Å². The quantitative estimate of drug-likeness (QED) is 0.0376. The summed E-state index contributed by atoms with van der Waals surface area (Å²) in [5, 5.41) is 75.5. The molecular weight excluding hydrogens is 893 g/mol. The molecule has 0 bridgehead atoms. The Kier molecular flexibility index (Phi) is 14.9. The molecule has 362 valence electrons. The summed E-state index contributed by atoms with van der Waals surface area (Å²) in [6, 6.07) is 78.0. The van der Waals surface area contributed by atoms with Crippen LogP contribution in [0.5, 0.6) is 11.5 Å². The minimum absolute atomic E-state index is 0.130. The van der Waals surface area contributed by atoms with Crippen molar-refractivity contribution in [2.24, 2.45) is 0 Å². The topological polar surface area (TPSA) is 134 Å². The highest BCUT2D eigenvalue weighted by atomic mass is 16.5. The molecule has 0 radical (unpaired) electrons. The lowest BCUT2D eigenvalue weighted by atomic mass is 9.71. The number of aliphatic hydroxyl groups is 4. The molecule has 8 heteroatoms. The van der Waals surface area contributed by atoms with Crippen LogP contribution in [0.25, 0.3) is 0 Å². The predicted octanol–water partition coefficient (Wildman–Crippen LogP) is 10.8. The lowest BCUT2D eigenvalue weighted by Gasteiger charge is -2.47. The molecule has 0 aliphatic carbocycles. The Balaban J connectivity index is 1.32. The van der Waals surface area contributed by atoms with Crippen molar-refractivity contribution in [2.75, 3.05) is 7.11 Å². The molecule has 0 heterocycles. The number of benzene rings is 9. The summed E-state index contributed by atoms with van der Waals surface area (Å²) < 4.78 is 5.77. The maximum atomic E-state index is 14.1. The third-order valence-electron chi connectivity index (χ3n) is 14.2. The number of aromatic hydroxyl groups is 1. The molecule has 0 saturated carbocycles. The number of phenols is 1. The summed E-state index contributed by atoms with van der Waals surface area (Å²) >= 11 is 0. The molecular formula is C64H60N2O6. The number of phenolic OH excluding ortho intramolecular Hbond substituents is 1. The highest BCUT2D eigenvalue weighted by Gasteiger charge is 2.50. The molecule has 0 saturated heterocycles. The Hall–Kier alpha value is -7.66. The molecule has 9 aromatic rings. The molecule has 8 nitrogen and oxygen atoms in total. The Morgan fingerprint density at radius 3 is 0.847 bits per heavy atom. The third-order valence-corrected chi connectivity index (χ3v) is 14.2. The molecule has 0 unspecified atom stereocenters. The zero-order valence-electron chi connectivity index (χ0n) is 40.1. The molecule has 0 aromatic heterocycles. The van der Waals surface area contributed by atoms with E-state index >= 15 is 0 Å². The molecule has 0 aliphatic heterocycles. The van der Waals surface area contributed by atoms with E-state index < -0.39 is 40.7 Å². The van der Waals surface area contributed by atoms with Crippen LogP contribution in [0.15, 0.2) is 261 Å². The Morgan fingerprint density at radius 2 is 0.597 bits per heavy atom. The fourth-order valence-corrected chi connectivity index (χ4v) is 10.4. The van der Waals surface area contributed by atoms with Gasteiger partial charge in [-0.15, -0.1) is 0 Å². The van der Waals surface area contributed by atoms with Gasteiger partial charge in [0.2, 0.25) is 0 Å². The van der Waals surface area contributed by atoms with E-state index in [1.165, 1.54) is 7.11 Å². The first kappa shape index (κ1) is 49.3. The molecule has 2 atom stereocenters. The van der Waals surface area contributed by atoms with Gasteiger partial charge in [-0.2, -0.15) is 0 Å². The summed E-state index contributed by atoms with van der Waals surface area (Å²) in [5.41, 5.74) is -2.42. The van der Waals surface area contributed by atoms with Crippen LogP contribution in [-0.4, -0.2) is 44.7 Å². The van der Waals surface area contributed by atoms with Gasteiger partial charge in [0.1, 0.15) is 22.4 Å².